The van der Waals surface area contributed by atoms with Crippen LogP contribution in [0.2, 0.25) is 0 Å². The maximum atomic E-state index is 12.1. The van der Waals surface area contributed by atoms with Gasteiger partial charge in [-0.3, -0.25) is 19.3 Å². The van der Waals surface area contributed by atoms with Crippen LogP contribution in [0.3, 0.4) is 0 Å². The molecular weight excluding hydrogens is 234 g/mol. The topological polar surface area (TPSA) is 74.7 Å². The van der Waals surface area contributed by atoms with Crippen LogP contribution in [-0.4, -0.2) is 40.3 Å². The minimum Gasteiger partial charge on any atom is -0.389 e. The number of amides is 2. The van der Waals surface area contributed by atoms with Crippen LogP contribution in [0.1, 0.15) is 34.1 Å². The van der Waals surface area contributed by atoms with Gasteiger partial charge in [0.15, 0.2) is 5.78 Å². The number of carbonyl (C=O) groups is 3. The number of benzene rings is 1. The van der Waals surface area contributed by atoms with Crippen molar-refractivity contribution in [3.8, 4) is 0 Å². The Labute approximate surface area is 104 Å². The molecule has 1 heterocycles. The zero-order chi connectivity index (χ0) is 13.3. The second-order valence-corrected chi connectivity index (χ2v) is 4.07. The highest BCUT2D eigenvalue weighted by molar-refractivity contribution is 6.22. The SMILES string of the molecule is CCC(C(=O)CO)N1C(=O)c2ccccc2C1=O. The number of nitrogens with zero attached hydrogens (tertiary/aromatic N) is 1. The molecule has 1 aromatic carbocycles. The van der Waals surface area contributed by atoms with Crippen LogP contribution in [0.5, 0.6) is 0 Å². The monoisotopic (exact) mass is 247 g/mol. The molecule has 1 atom stereocenters. The molecule has 0 saturated heterocycles. The van der Waals surface area contributed by atoms with Gasteiger partial charge >= 0.3 is 0 Å². The number of ketones is 1. The van der Waals surface area contributed by atoms with Gasteiger partial charge in [0.1, 0.15) is 12.6 Å². The zero-order valence-electron chi connectivity index (χ0n) is 9.92. The molecule has 0 bridgehead atoms. The summed E-state index contributed by atoms with van der Waals surface area (Å²) in [6.07, 6.45) is 0.296. The molecule has 1 N–H and O–H groups in total. The molecule has 5 nitrogen and oxygen atoms in total. The van der Waals surface area contributed by atoms with E-state index in [-0.39, 0.29) is 0 Å². The quantitative estimate of drug-likeness (QED) is 0.791. The first-order valence-electron chi connectivity index (χ1n) is 5.72. The van der Waals surface area contributed by atoms with E-state index < -0.39 is 30.2 Å². The smallest absolute Gasteiger partial charge is 0.262 e. The third kappa shape index (κ3) is 1.73. The Morgan fingerprint density at radius 1 is 1.22 bits per heavy atom. The first-order chi connectivity index (χ1) is 8.61. The van der Waals surface area contributed by atoms with E-state index in [1.54, 1.807) is 31.2 Å². The predicted octanol–water partition coefficient (Wildman–Crippen LogP) is 0.623. The fourth-order valence-electron chi connectivity index (χ4n) is 2.15. The number of imide groups is 1. The third-order valence-electron chi connectivity index (χ3n) is 3.05. The van der Waals surface area contributed by atoms with E-state index in [4.69, 9.17) is 5.11 Å². The Balaban J connectivity index is 2.41. The van der Waals surface area contributed by atoms with Gasteiger partial charge in [-0.1, -0.05) is 19.1 Å². The average molecular weight is 247 g/mol. The van der Waals surface area contributed by atoms with E-state index in [2.05, 4.69) is 0 Å². The zero-order valence-corrected chi connectivity index (χ0v) is 9.92. The van der Waals surface area contributed by atoms with E-state index in [0.29, 0.717) is 17.5 Å². The second kappa shape index (κ2) is 4.70. The van der Waals surface area contributed by atoms with Crippen molar-refractivity contribution in [2.24, 2.45) is 0 Å². The molecule has 0 aliphatic carbocycles. The molecule has 0 fully saturated rings. The van der Waals surface area contributed by atoms with Gasteiger partial charge in [-0.05, 0) is 18.6 Å². The van der Waals surface area contributed by atoms with Crippen LogP contribution in [0.15, 0.2) is 24.3 Å². The normalized spacial score (nSPS) is 15.8. The Morgan fingerprint density at radius 2 is 1.72 bits per heavy atom. The number of hydrogen-bond acceptors (Lipinski definition) is 4. The number of rotatable bonds is 4. The van der Waals surface area contributed by atoms with Crippen molar-refractivity contribution in [3.63, 3.8) is 0 Å². The third-order valence-corrected chi connectivity index (χ3v) is 3.05. The predicted molar refractivity (Wildman–Crippen MR) is 63.1 cm³/mol. The fourth-order valence-corrected chi connectivity index (χ4v) is 2.15. The van der Waals surface area contributed by atoms with Crippen LogP contribution in [0, 0.1) is 0 Å². The van der Waals surface area contributed by atoms with Crippen molar-refractivity contribution in [3.05, 3.63) is 35.4 Å². The van der Waals surface area contributed by atoms with Crippen molar-refractivity contribution in [2.75, 3.05) is 6.61 Å². The van der Waals surface area contributed by atoms with Crippen LogP contribution in [0.4, 0.5) is 0 Å². The fraction of sp³-hybridized carbons (Fsp3) is 0.308. The summed E-state index contributed by atoms with van der Waals surface area (Å²) in [5.74, 6) is -1.46. The summed E-state index contributed by atoms with van der Waals surface area (Å²) in [6, 6.07) is 5.57. The van der Waals surface area contributed by atoms with E-state index in [1.165, 1.54) is 0 Å². The van der Waals surface area contributed by atoms with Crippen LogP contribution < -0.4 is 0 Å². The van der Waals surface area contributed by atoms with Gasteiger partial charge in [0.05, 0.1) is 11.1 Å². The van der Waals surface area contributed by atoms with E-state index in [9.17, 15) is 14.4 Å². The lowest BCUT2D eigenvalue weighted by Crippen LogP contribution is -2.45. The highest BCUT2D eigenvalue weighted by Gasteiger charge is 2.41. The van der Waals surface area contributed by atoms with Gasteiger partial charge in [0.2, 0.25) is 0 Å². The van der Waals surface area contributed by atoms with Crippen molar-refractivity contribution in [2.45, 2.75) is 19.4 Å². The minimum absolute atomic E-state index is 0.296. The molecule has 2 amide bonds. The summed E-state index contributed by atoms with van der Waals surface area (Å²) in [5, 5.41) is 8.89. The molecule has 0 aromatic heterocycles. The molecule has 0 radical (unpaired) electrons. The minimum atomic E-state index is -0.887. The summed E-state index contributed by atoms with van der Waals surface area (Å²) in [4.78, 5) is 36.7. The summed E-state index contributed by atoms with van der Waals surface area (Å²) in [5.41, 5.74) is 0.623. The molecule has 1 unspecified atom stereocenters. The van der Waals surface area contributed by atoms with Crippen LogP contribution >= 0.6 is 0 Å². The van der Waals surface area contributed by atoms with Gasteiger partial charge in [0.25, 0.3) is 11.8 Å². The maximum absolute atomic E-state index is 12.1. The summed E-state index contributed by atoms with van der Waals surface area (Å²) in [6.45, 7) is 1.02. The molecule has 1 aliphatic rings. The Bertz CT molecular complexity index is 488. The molecule has 5 heteroatoms. The molecule has 1 aliphatic heterocycles. The van der Waals surface area contributed by atoms with Gasteiger partial charge in [-0.2, -0.15) is 0 Å². The largest absolute Gasteiger partial charge is 0.389 e. The second-order valence-electron chi connectivity index (χ2n) is 4.07. The molecule has 1 aromatic rings. The van der Waals surface area contributed by atoms with Crippen LogP contribution in [0.25, 0.3) is 0 Å². The molecule has 0 saturated carbocycles. The lowest BCUT2D eigenvalue weighted by Gasteiger charge is -2.22. The standard InChI is InChI=1S/C13H13NO4/c1-2-10(11(16)7-15)14-12(17)8-5-3-4-6-9(8)13(14)18/h3-6,10,15H,2,7H2,1H3. The van der Waals surface area contributed by atoms with Crippen molar-refractivity contribution < 1.29 is 19.5 Å². The van der Waals surface area contributed by atoms with Gasteiger partial charge < -0.3 is 5.11 Å². The first kappa shape index (κ1) is 12.4. The Morgan fingerprint density at radius 3 is 2.11 bits per heavy atom. The molecule has 2 rings (SSSR count). The average Bonchev–Trinajstić information content (AvgIpc) is 2.65. The van der Waals surface area contributed by atoms with Crippen molar-refractivity contribution >= 4 is 17.6 Å². The molecule has 94 valence electrons. The number of aliphatic hydroxyl groups excluding tert-OH is 1. The van der Waals surface area contributed by atoms with Gasteiger partial charge in [0, 0.05) is 0 Å². The summed E-state index contributed by atoms with van der Waals surface area (Å²) < 4.78 is 0. The van der Waals surface area contributed by atoms with E-state index in [0.717, 1.165) is 4.90 Å². The number of hydrogen-bond donors (Lipinski definition) is 1. The molecule has 0 spiro atoms. The lowest BCUT2D eigenvalue weighted by molar-refractivity contribution is -0.125. The van der Waals surface area contributed by atoms with Gasteiger partial charge in [-0.25, -0.2) is 0 Å². The maximum Gasteiger partial charge on any atom is 0.262 e. The van der Waals surface area contributed by atoms with E-state index >= 15 is 0 Å². The summed E-state index contributed by atoms with van der Waals surface area (Å²) in [7, 11) is 0. The van der Waals surface area contributed by atoms with E-state index in [1.807, 2.05) is 0 Å². The Kier molecular flexibility index (Phi) is 3.25. The molecular formula is C13H13NO4. The summed E-state index contributed by atoms with van der Waals surface area (Å²) >= 11 is 0. The Hall–Kier alpha value is -2.01. The van der Waals surface area contributed by atoms with Crippen molar-refractivity contribution in [1.82, 2.24) is 4.90 Å². The molecule has 18 heavy (non-hydrogen) atoms. The number of Topliss-reactive ketones (excluding diaryl/α,β-unsaturated/α-hetero) is 1. The van der Waals surface area contributed by atoms with Crippen LogP contribution in [-0.2, 0) is 4.79 Å². The number of carbonyl (C=O) groups excluding carboxylic acids is 3. The number of fused-ring (bicyclic) bond motifs is 1. The van der Waals surface area contributed by atoms with Crippen molar-refractivity contribution in [1.29, 1.82) is 0 Å². The highest BCUT2D eigenvalue weighted by atomic mass is 16.3. The first-order valence-corrected chi connectivity index (χ1v) is 5.72. The number of aliphatic hydroxyl groups is 1. The lowest BCUT2D eigenvalue weighted by atomic mass is 10.1. The highest BCUT2D eigenvalue weighted by Crippen LogP contribution is 2.25. The van der Waals surface area contributed by atoms with Gasteiger partial charge in [-0.15, -0.1) is 0 Å².